The van der Waals surface area contributed by atoms with Crippen LogP contribution in [0.15, 0.2) is 24.3 Å². The Morgan fingerprint density at radius 3 is 2.31 bits per heavy atom. The van der Waals surface area contributed by atoms with Crippen molar-refractivity contribution in [3.05, 3.63) is 29.8 Å². The Labute approximate surface area is 77.7 Å². The summed E-state index contributed by atoms with van der Waals surface area (Å²) in [5.41, 5.74) is 12.1. The van der Waals surface area contributed by atoms with Crippen molar-refractivity contribution in [1.82, 2.24) is 0 Å². The molecule has 0 aromatic heterocycles. The lowest BCUT2D eigenvalue weighted by Gasteiger charge is -2.21. The van der Waals surface area contributed by atoms with Crippen LogP contribution in [-0.4, -0.2) is 12.8 Å². The van der Waals surface area contributed by atoms with E-state index in [9.17, 15) is 4.79 Å². The Morgan fingerprint density at radius 1 is 1.38 bits per heavy atom. The molecule has 1 atom stereocenters. The molecule has 3 heteroatoms. The normalized spacial score (nSPS) is 14.9. The summed E-state index contributed by atoms with van der Waals surface area (Å²) >= 11 is 0. The fourth-order valence-electron chi connectivity index (χ4n) is 1.10. The number of nitrogen functional groups attached to an aromatic ring is 1. The van der Waals surface area contributed by atoms with Crippen LogP contribution in [0.4, 0.5) is 5.69 Å². The van der Waals surface area contributed by atoms with Crippen molar-refractivity contribution >= 4 is 12.0 Å². The highest BCUT2D eigenvalue weighted by molar-refractivity contribution is 5.68. The quantitative estimate of drug-likeness (QED) is 0.528. The molecule has 0 aliphatic rings. The minimum Gasteiger partial charge on any atom is -0.399 e. The van der Waals surface area contributed by atoms with Crippen LogP contribution in [0.1, 0.15) is 12.5 Å². The van der Waals surface area contributed by atoms with E-state index < -0.39 is 5.41 Å². The van der Waals surface area contributed by atoms with Crippen LogP contribution in [0.3, 0.4) is 0 Å². The van der Waals surface area contributed by atoms with E-state index in [1.165, 1.54) is 0 Å². The first-order chi connectivity index (χ1) is 6.12. The molecule has 4 N–H and O–H groups in total. The van der Waals surface area contributed by atoms with Gasteiger partial charge in [0.05, 0.1) is 5.41 Å². The molecule has 3 nitrogen and oxygen atoms in total. The summed E-state index contributed by atoms with van der Waals surface area (Å²) in [6.45, 7) is 2.12. The number of benzene rings is 1. The van der Waals surface area contributed by atoms with E-state index in [1.807, 2.05) is 19.1 Å². The summed E-state index contributed by atoms with van der Waals surface area (Å²) in [5, 5.41) is 0. The molecule has 70 valence electrons. The van der Waals surface area contributed by atoms with Crippen LogP contribution in [0.25, 0.3) is 0 Å². The van der Waals surface area contributed by atoms with Crippen LogP contribution < -0.4 is 11.5 Å². The monoisotopic (exact) mass is 178 g/mol. The molecule has 1 unspecified atom stereocenters. The minimum absolute atomic E-state index is 0.306. The molecule has 0 heterocycles. The van der Waals surface area contributed by atoms with Gasteiger partial charge in [0.15, 0.2) is 0 Å². The van der Waals surface area contributed by atoms with E-state index in [4.69, 9.17) is 11.5 Å². The number of anilines is 1. The molecule has 1 aromatic carbocycles. The van der Waals surface area contributed by atoms with E-state index >= 15 is 0 Å². The molecule has 1 rings (SSSR count). The molecule has 0 aliphatic carbocycles. The number of carbonyl (C=O) groups is 1. The van der Waals surface area contributed by atoms with Crippen LogP contribution in [0, 0.1) is 0 Å². The third-order valence-electron chi connectivity index (χ3n) is 2.25. The zero-order chi connectivity index (χ0) is 9.90. The molecular weight excluding hydrogens is 164 g/mol. The first-order valence-electron chi connectivity index (χ1n) is 4.15. The SMILES string of the molecule is CC(C=O)(CN)c1ccc(N)cc1. The molecule has 0 amide bonds. The fraction of sp³-hybridized carbons (Fsp3) is 0.300. The molecule has 0 fully saturated rings. The topological polar surface area (TPSA) is 69.1 Å². The van der Waals surface area contributed by atoms with Crippen molar-refractivity contribution in [1.29, 1.82) is 0 Å². The maximum atomic E-state index is 10.8. The van der Waals surface area contributed by atoms with E-state index in [2.05, 4.69) is 0 Å². The average molecular weight is 178 g/mol. The largest absolute Gasteiger partial charge is 0.399 e. The van der Waals surface area contributed by atoms with Crippen molar-refractivity contribution in [2.24, 2.45) is 5.73 Å². The Hall–Kier alpha value is -1.35. The van der Waals surface area contributed by atoms with Gasteiger partial charge in [-0.15, -0.1) is 0 Å². The second-order valence-electron chi connectivity index (χ2n) is 3.36. The molecular formula is C10H14N2O. The van der Waals surface area contributed by atoms with Gasteiger partial charge in [-0.25, -0.2) is 0 Å². The van der Waals surface area contributed by atoms with Crippen LogP contribution >= 0.6 is 0 Å². The number of hydrogen-bond acceptors (Lipinski definition) is 3. The lowest BCUT2D eigenvalue weighted by Crippen LogP contribution is -2.33. The first-order valence-corrected chi connectivity index (χ1v) is 4.15. The smallest absolute Gasteiger partial charge is 0.131 e. The van der Waals surface area contributed by atoms with Crippen molar-refractivity contribution in [3.63, 3.8) is 0 Å². The molecule has 0 radical (unpaired) electrons. The standard InChI is InChI=1S/C10H14N2O/c1-10(6-11,7-13)8-2-4-9(12)5-3-8/h2-5,7H,6,11-12H2,1H3. The van der Waals surface area contributed by atoms with Gasteiger partial charge in [-0.2, -0.15) is 0 Å². The van der Waals surface area contributed by atoms with Crippen LogP contribution in [0.5, 0.6) is 0 Å². The van der Waals surface area contributed by atoms with Crippen molar-refractivity contribution in [3.8, 4) is 0 Å². The van der Waals surface area contributed by atoms with Gasteiger partial charge < -0.3 is 16.3 Å². The third kappa shape index (κ3) is 1.87. The summed E-state index contributed by atoms with van der Waals surface area (Å²) in [6.07, 6.45) is 0.874. The number of carbonyl (C=O) groups excluding carboxylic acids is 1. The van der Waals surface area contributed by atoms with E-state index in [0.717, 1.165) is 11.8 Å². The van der Waals surface area contributed by atoms with Gasteiger partial charge in [-0.1, -0.05) is 12.1 Å². The zero-order valence-electron chi connectivity index (χ0n) is 7.66. The number of aldehydes is 1. The van der Waals surface area contributed by atoms with Gasteiger partial charge in [-0.05, 0) is 24.6 Å². The lowest BCUT2D eigenvalue weighted by molar-refractivity contribution is -0.111. The predicted octanol–water partition coefficient (Wildman–Crippen LogP) is 0.684. The summed E-state index contributed by atoms with van der Waals surface area (Å²) in [4.78, 5) is 10.8. The molecule has 13 heavy (non-hydrogen) atoms. The molecule has 1 aromatic rings. The molecule has 0 spiro atoms. The van der Waals surface area contributed by atoms with Gasteiger partial charge in [0.1, 0.15) is 6.29 Å². The molecule has 0 aliphatic heterocycles. The summed E-state index contributed by atoms with van der Waals surface area (Å²) in [5.74, 6) is 0. The minimum atomic E-state index is -0.590. The van der Waals surface area contributed by atoms with Gasteiger partial charge in [0.2, 0.25) is 0 Å². The van der Waals surface area contributed by atoms with Crippen LogP contribution in [0.2, 0.25) is 0 Å². The Bertz CT molecular complexity index is 294. The second kappa shape index (κ2) is 3.58. The Balaban J connectivity index is 3.06. The van der Waals surface area contributed by atoms with Gasteiger partial charge in [-0.3, -0.25) is 0 Å². The highest BCUT2D eigenvalue weighted by atomic mass is 16.1. The van der Waals surface area contributed by atoms with E-state index in [1.54, 1.807) is 12.1 Å². The zero-order valence-corrected chi connectivity index (χ0v) is 7.66. The molecule has 0 saturated heterocycles. The summed E-state index contributed by atoms with van der Waals surface area (Å²) in [6, 6.07) is 7.20. The Kier molecular flexibility index (Phi) is 2.68. The van der Waals surface area contributed by atoms with Crippen molar-refractivity contribution < 1.29 is 4.79 Å². The highest BCUT2D eigenvalue weighted by Crippen LogP contribution is 2.20. The van der Waals surface area contributed by atoms with Crippen molar-refractivity contribution in [2.45, 2.75) is 12.3 Å². The van der Waals surface area contributed by atoms with Gasteiger partial charge in [0.25, 0.3) is 0 Å². The van der Waals surface area contributed by atoms with E-state index in [0.29, 0.717) is 12.2 Å². The second-order valence-corrected chi connectivity index (χ2v) is 3.36. The van der Waals surface area contributed by atoms with Crippen LogP contribution in [-0.2, 0) is 10.2 Å². The molecule has 0 saturated carbocycles. The third-order valence-corrected chi connectivity index (χ3v) is 2.25. The number of nitrogens with two attached hydrogens (primary N) is 2. The summed E-state index contributed by atoms with van der Waals surface area (Å²) < 4.78 is 0. The molecule has 0 bridgehead atoms. The van der Waals surface area contributed by atoms with Gasteiger partial charge >= 0.3 is 0 Å². The first kappa shape index (κ1) is 9.74. The maximum Gasteiger partial charge on any atom is 0.131 e. The maximum absolute atomic E-state index is 10.8. The lowest BCUT2D eigenvalue weighted by atomic mass is 9.84. The highest BCUT2D eigenvalue weighted by Gasteiger charge is 2.23. The fourth-order valence-corrected chi connectivity index (χ4v) is 1.10. The summed E-state index contributed by atoms with van der Waals surface area (Å²) in [7, 11) is 0. The Morgan fingerprint density at radius 2 is 1.92 bits per heavy atom. The average Bonchev–Trinajstić information content (AvgIpc) is 2.18. The van der Waals surface area contributed by atoms with Crippen molar-refractivity contribution in [2.75, 3.05) is 12.3 Å². The van der Waals surface area contributed by atoms with E-state index in [-0.39, 0.29) is 0 Å². The number of rotatable bonds is 3. The van der Waals surface area contributed by atoms with Gasteiger partial charge in [0, 0.05) is 12.2 Å². The predicted molar refractivity (Wildman–Crippen MR) is 53.3 cm³/mol. The number of hydrogen-bond donors (Lipinski definition) is 2.